The van der Waals surface area contributed by atoms with E-state index in [-0.39, 0.29) is 22.9 Å². The summed E-state index contributed by atoms with van der Waals surface area (Å²) in [5, 5.41) is 22.8. The van der Waals surface area contributed by atoms with Crippen LogP contribution in [0, 0.1) is 28.4 Å². The van der Waals surface area contributed by atoms with Gasteiger partial charge in [-0.25, -0.2) is 0 Å². The van der Waals surface area contributed by atoms with Crippen molar-refractivity contribution in [3.8, 4) is 11.8 Å². The number of hydrogen-bond acceptors (Lipinski definition) is 5. The van der Waals surface area contributed by atoms with Crippen LogP contribution in [-0.4, -0.2) is 17.9 Å². The Bertz CT molecular complexity index is 988. The van der Waals surface area contributed by atoms with Crippen molar-refractivity contribution in [1.82, 2.24) is 0 Å². The lowest BCUT2D eigenvalue weighted by Crippen LogP contribution is -2.13. The Hall–Kier alpha value is -3.66. The Labute approximate surface area is 163 Å². The maximum Gasteiger partial charge on any atom is 0.271 e. The monoisotopic (exact) mass is 379 g/mol. The summed E-state index contributed by atoms with van der Waals surface area (Å²) >= 11 is 0. The Kier molecular flexibility index (Phi) is 6.51. The van der Waals surface area contributed by atoms with Crippen LogP contribution in [0.1, 0.15) is 36.5 Å². The SMILES string of the molecule is COc1cc(C)c(/C=C(\C#N)C(=O)Nc2cccc([N+](=O)[O-])c2)cc1C(C)C. The van der Waals surface area contributed by atoms with E-state index in [0.717, 1.165) is 22.4 Å². The van der Waals surface area contributed by atoms with E-state index in [0.29, 0.717) is 0 Å². The lowest BCUT2D eigenvalue weighted by atomic mass is 9.95. The Morgan fingerprint density at radius 1 is 1.32 bits per heavy atom. The van der Waals surface area contributed by atoms with Crippen molar-refractivity contribution in [3.05, 3.63) is 68.8 Å². The normalized spacial score (nSPS) is 11.1. The molecule has 28 heavy (non-hydrogen) atoms. The summed E-state index contributed by atoms with van der Waals surface area (Å²) in [4.78, 5) is 22.8. The van der Waals surface area contributed by atoms with Gasteiger partial charge in [0.05, 0.1) is 12.0 Å². The van der Waals surface area contributed by atoms with Gasteiger partial charge in [-0.15, -0.1) is 0 Å². The second-order valence-electron chi connectivity index (χ2n) is 6.54. The Morgan fingerprint density at radius 2 is 2.04 bits per heavy atom. The predicted molar refractivity (Wildman–Crippen MR) is 107 cm³/mol. The van der Waals surface area contributed by atoms with Crippen LogP contribution in [0.25, 0.3) is 6.08 Å². The molecular weight excluding hydrogens is 358 g/mol. The Balaban J connectivity index is 2.37. The molecule has 0 atom stereocenters. The number of carbonyl (C=O) groups is 1. The molecule has 0 aliphatic heterocycles. The van der Waals surface area contributed by atoms with Gasteiger partial charge in [0.1, 0.15) is 17.4 Å². The van der Waals surface area contributed by atoms with Crippen LogP contribution in [0.15, 0.2) is 42.0 Å². The van der Waals surface area contributed by atoms with Crippen LogP contribution in [0.3, 0.4) is 0 Å². The van der Waals surface area contributed by atoms with Gasteiger partial charge in [-0.05, 0) is 53.8 Å². The molecule has 0 radical (unpaired) electrons. The fourth-order valence-electron chi connectivity index (χ4n) is 2.70. The number of aryl methyl sites for hydroxylation is 1. The van der Waals surface area contributed by atoms with E-state index in [9.17, 15) is 20.2 Å². The zero-order valence-electron chi connectivity index (χ0n) is 16.1. The molecule has 2 aromatic rings. The number of nitriles is 1. The average molecular weight is 379 g/mol. The number of benzene rings is 2. The largest absolute Gasteiger partial charge is 0.496 e. The van der Waals surface area contributed by atoms with E-state index < -0.39 is 10.8 Å². The van der Waals surface area contributed by atoms with Crippen LogP contribution < -0.4 is 10.1 Å². The summed E-state index contributed by atoms with van der Waals surface area (Å²) in [6.45, 7) is 5.92. The molecule has 7 nitrogen and oxygen atoms in total. The van der Waals surface area contributed by atoms with Crippen molar-refractivity contribution in [2.45, 2.75) is 26.7 Å². The van der Waals surface area contributed by atoms with E-state index >= 15 is 0 Å². The molecule has 0 saturated carbocycles. The molecule has 0 spiro atoms. The number of nitrogens with one attached hydrogen (secondary N) is 1. The molecule has 0 aliphatic carbocycles. The molecule has 0 heterocycles. The molecule has 0 fully saturated rings. The minimum atomic E-state index is -0.635. The quantitative estimate of drug-likeness (QED) is 0.342. The molecule has 0 saturated heterocycles. The van der Waals surface area contributed by atoms with Gasteiger partial charge in [0.2, 0.25) is 0 Å². The van der Waals surface area contributed by atoms with Gasteiger partial charge in [0.15, 0.2) is 0 Å². The summed E-state index contributed by atoms with van der Waals surface area (Å²) in [5.41, 5.74) is 2.56. The highest BCUT2D eigenvalue weighted by Gasteiger charge is 2.15. The molecule has 0 bridgehead atoms. The zero-order valence-corrected chi connectivity index (χ0v) is 16.1. The first-order chi connectivity index (χ1) is 13.3. The van der Waals surface area contributed by atoms with Crippen LogP contribution in [-0.2, 0) is 4.79 Å². The van der Waals surface area contributed by atoms with E-state index in [2.05, 4.69) is 5.32 Å². The summed E-state index contributed by atoms with van der Waals surface area (Å²) in [5.74, 6) is 0.320. The molecule has 0 aliphatic rings. The fourth-order valence-corrected chi connectivity index (χ4v) is 2.70. The average Bonchev–Trinajstić information content (AvgIpc) is 2.66. The van der Waals surface area contributed by atoms with Crippen molar-refractivity contribution in [3.63, 3.8) is 0 Å². The molecule has 0 aromatic heterocycles. The molecule has 2 aromatic carbocycles. The van der Waals surface area contributed by atoms with Gasteiger partial charge in [-0.3, -0.25) is 14.9 Å². The van der Waals surface area contributed by atoms with Crippen molar-refractivity contribution >= 4 is 23.4 Å². The van der Waals surface area contributed by atoms with Crippen molar-refractivity contribution in [2.24, 2.45) is 0 Å². The maximum absolute atomic E-state index is 12.5. The van der Waals surface area contributed by atoms with Gasteiger partial charge >= 0.3 is 0 Å². The van der Waals surface area contributed by atoms with Crippen LogP contribution in [0.5, 0.6) is 5.75 Å². The van der Waals surface area contributed by atoms with Crippen LogP contribution in [0.2, 0.25) is 0 Å². The molecule has 2 rings (SSSR count). The maximum atomic E-state index is 12.5. The number of nitro benzene ring substituents is 1. The van der Waals surface area contributed by atoms with Gasteiger partial charge in [-0.1, -0.05) is 19.9 Å². The summed E-state index contributed by atoms with van der Waals surface area (Å²) in [6, 6.07) is 11.2. The number of amides is 1. The molecule has 1 N–H and O–H groups in total. The number of rotatable bonds is 6. The zero-order chi connectivity index (χ0) is 20.8. The van der Waals surface area contributed by atoms with Crippen molar-refractivity contribution in [2.75, 3.05) is 12.4 Å². The molecule has 1 amide bonds. The van der Waals surface area contributed by atoms with Crippen molar-refractivity contribution < 1.29 is 14.5 Å². The standard InChI is InChI=1S/C21H21N3O4/c1-13(2)19-10-15(14(3)8-20(19)28-4)9-16(12-22)21(25)23-17-6-5-7-18(11-17)24(26)27/h5-11,13H,1-4H3,(H,23,25)/b16-9+. The van der Waals surface area contributed by atoms with E-state index in [1.165, 1.54) is 30.3 Å². The number of methoxy groups -OCH3 is 1. The lowest BCUT2D eigenvalue weighted by molar-refractivity contribution is -0.384. The third-order valence-electron chi connectivity index (χ3n) is 4.22. The first kappa shape index (κ1) is 20.6. The van der Waals surface area contributed by atoms with Gasteiger partial charge in [0.25, 0.3) is 11.6 Å². The number of hydrogen-bond donors (Lipinski definition) is 1. The number of nitrogens with zero attached hydrogens (tertiary/aromatic N) is 2. The number of anilines is 1. The molecule has 0 unspecified atom stereocenters. The topological polar surface area (TPSA) is 105 Å². The van der Waals surface area contributed by atoms with Crippen LogP contribution >= 0.6 is 0 Å². The van der Waals surface area contributed by atoms with Gasteiger partial charge in [-0.2, -0.15) is 5.26 Å². The van der Waals surface area contributed by atoms with Crippen LogP contribution in [0.4, 0.5) is 11.4 Å². The first-order valence-corrected chi connectivity index (χ1v) is 8.63. The summed E-state index contributed by atoms with van der Waals surface area (Å²) < 4.78 is 5.41. The van der Waals surface area contributed by atoms with Gasteiger partial charge < -0.3 is 10.1 Å². The third-order valence-corrected chi connectivity index (χ3v) is 4.22. The second kappa shape index (κ2) is 8.82. The van der Waals surface area contributed by atoms with E-state index in [1.807, 2.05) is 39.0 Å². The van der Waals surface area contributed by atoms with Gasteiger partial charge in [0, 0.05) is 17.8 Å². The first-order valence-electron chi connectivity index (χ1n) is 8.63. The highest BCUT2D eigenvalue weighted by atomic mass is 16.6. The van der Waals surface area contributed by atoms with E-state index in [1.54, 1.807) is 7.11 Å². The summed E-state index contributed by atoms with van der Waals surface area (Å²) in [7, 11) is 1.60. The molecular formula is C21H21N3O4. The highest BCUT2D eigenvalue weighted by molar-refractivity contribution is 6.09. The van der Waals surface area contributed by atoms with Crippen molar-refractivity contribution in [1.29, 1.82) is 5.26 Å². The minimum Gasteiger partial charge on any atom is -0.496 e. The second-order valence-corrected chi connectivity index (χ2v) is 6.54. The highest BCUT2D eigenvalue weighted by Crippen LogP contribution is 2.30. The number of nitro groups is 1. The number of carbonyl (C=O) groups excluding carboxylic acids is 1. The Morgan fingerprint density at radius 3 is 2.61 bits per heavy atom. The fraction of sp³-hybridized carbons (Fsp3) is 0.238. The third kappa shape index (κ3) is 4.74. The minimum absolute atomic E-state index is 0.102. The molecule has 7 heteroatoms. The lowest BCUT2D eigenvalue weighted by Gasteiger charge is -2.15. The number of ether oxygens (including phenoxy) is 1. The predicted octanol–water partition coefficient (Wildman–Crippen LogP) is 4.58. The summed E-state index contributed by atoms with van der Waals surface area (Å²) in [6.07, 6.45) is 1.51. The smallest absolute Gasteiger partial charge is 0.271 e. The number of non-ortho nitro benzene ring substituents is 1. The van der Waals surface area contributed by atoms with E-state index in [4.69, 9.17) is 4.74 Å². The molecule has 144 valence electrons.